The molecule has 0 radical (unpaired) electrons. The smallest absolute Gasteiger partial charge is 0.228 e. The van der Waals surface area contributed by atoms with Gasteiger partial charge in [-0.2, -0.15) is 4.98 Å². The fraction of sp³-hybridized carbons (Fsp3) is 0.300. The summed E-state index contributed by atoms with van der Waals surface area (Å²) in [6.07, 6.45) is 0. The normalized spacial score (nSPS) is 14.1. The fourth-order valence-corrected chi connectivity index (χ4v) is 3.54. The minimum atomic E-state index is 0. The van der Waals surface area contributed by atoms with Gasteiger partial charge in [-0.25, -0.2) is 4.98 Å². The number of aliphatic hydroxyl groups is 1. The number of para-hydroxylation sites is 1. The van der Waals surface area contributed by atoms with E-state index in [4.69, 9.17) is 26.7 Å². The summed E-state index contributed by atoms with van der Waals surface area (Å²) in [5.74, 6) is 1.49. The van der Waals surface area contributed by atoms with E-state index >= 15 is 0 Å². The van der Waals surface area contributed by atoms with Gasteiger partial charge in [0.25, 0.3) is 0 Å². The summed E-state index contributed by atoms with van der Waals surface area (Å²) in [7, 11) is 0. The number of nitrogens with zero attached hydrogens (tertiary/aromatic N) is 4. The standard InChI is InChI=1S/C20H22ClN5O.ClH/c21-15-4-3-5-16(14-15)25-9-11-26(12-10-25)20-23-18-7-2-1-6-17(18)19(24-20)22-8-13-27;/h1-7,14,27H,8-13H2,(H,22,23,24);1H. The van der Waals surface area contributed by atoms with Gasteiger partial charge in [-0.3, -0.25) is 0 Å². The van der Waals surface area contributed by atoms with E-state index in [1.165, 1.54) is 0 Å². The zero-order valence-corrected chi connectivity index (χ0v) is 17.0. The molecule has 1 saturated heterocycles. The third-order valence-electron chi connectivity index (χ3n) is 4.73. The van der Waals surface area contributed by atoms with Crippen LogP contribution < -0.4 is 15.1 Å². The van der Waals surface area contributed by atoms with Crippen molar-refractivity contribution in [1.82, 2.24) is 9.97 Å². The number of piperazine rings is 1. The largest absolute Gasteiger partial charge is 0.395 e. The van der Waals surface area contributed by atoms with Gasteiger partial charge in [-0.1, -0.05) is 29.8 Å². The average Bonchev–Trinajstić information content (AvgIpc) is 2.72. The fourth-order valence-electron chi connectivity index (χ4n) is 3.35. The Morgan fingerprint density at radius 2 is 1.71 bits per heavy atom. The van der Waals surface area contributed by atoms with Gasteiger partial charge < -0.3 is 20.2 Å². The van der Waals surface area contributed by atoms with Gasteiger partial charge in [0.15, 0.2) is 0 Å². The summed E-state index contributed by atoms with van der Waals surface area (Å²) in [6.45, 7) is 3.97. The van der Waals surface area contributed by atoms with Crippen LogP contribution >= 0.6 is 24.0 Å². The molecule has 0 saturated carbocycles. The highest BCUT2D eigenvalue weighted by molar-refractivity contribution is 6.30. The molecule has 1 aliphatic heterocycles. The molecule has 1 aliphatic rings. The molecule has 148 valence electrons. The number of benzene rings is 2. The molecule has 0 spiro atoms. The molecule has 3 aromatic rings. The first kappa shape index (κ1) is 20.5. The summed E-state index contributed by atoms with van der Waals surface area (Å²) in [5.41, 5.74) is 2.05. The Morgan fingerprint density at radius 1 is 0.964 bits per heavy atom. The van der Waals surface area contributed by atoms with Crippen molar-refractivity contribution in [3.05, 3.63) is 53.6 Å². The third-order valence-corrected chi connectivity index (χ3v) is 4.97. The Morgan fingerprint density at radius 3 is 2.46 bits per heavy atom. The van der Waals surface area contributed by atoms with Gasteiger partial charge in [0.2, 0.25) is 5.95 Å². The van der Waals surface area contributed by atoms with Crippen molar-refractivity contribution < 1.29 is 5.11 Å². The highest BCUT2D eigenvalue weighted by Crippen LogP contribution is 2.25. The summed E-state index contributed by atoms with van der Waals surface area (Å²) in [5, 5.41) is 14.1. The molecule has 1 aromatic heterocycles. The molecule has 4 rings (SSSR count). The number of hydrogen-bond donors (Lipinski definition) is 2. The number of aliphatic hydroxyl groups excluding tert-OH is 1. The quantitative estimate of drug-likeness (QED) is 0.660. The summed E-state index contributed by atoms with van der Waals surface area (Å²) >= 11 is 6.12. The highest BCUT2D eigenvalue weighted by Gasteiger charge is 2.20. The van der Waals surface area contributed by atoms with Crippen LogP contribution in [0.15, 0.2) is 48.5 Å². The Bertz CT molecular complexity index is 931. The van der Waals surface area contributed by atoms with Crippen molar-refractivity contribution in [2.75, 3.05) is 54.4 Å². The molecule has 1 fully saturated rings. The second-order valence-corrected chi connectivity index (χ2v) is 6.93. The van der Waals surface area contributed by atoms with Gasteiger partial charge in [0.05, 0.1) is 12.1 Å². The first-order chi connectivity index (χ1) is 13.2. The number of fused-ring (bicyclic) bond motifs is 1. The summed E-state index contributed by atoms with van der Waals surface area (Å²) in [6, 6.07) is 15.9. The maximum atomic E-state index is 9.14. The lowest BCUT2D eigenvalue weighted by Gasteiger charge is -2.36. The van der Waals surface area contributed by atoms with Crippen molar-refractivity contribution >= 4 is 52.4 Å². The first-order valence-electron chi connectivity index (χ1n) is 9.11. The molecule has 0 unspecified atom stereocenters. The van der Waals surface area contributed by atoms with Crippen molar-refractivity contribution in [3.8, 4) is 0 Å². The van der Waals surface area contributed by atoms with E-state index in [0.717, 1.165) is 59.6 Å². The van der Waals surface area contributed by atoms with Crippen molar-refractivity contribution in [3.63, 3.8) is 0 Å². The number of anilines is 3. The Balaban J connectivity index is 0.00000225. The lowest BCUT2D eigenvalue weighted by atomic mass is 10.2. The first-order valence-corrected chi connectivity index (χ1v) is 9.49. The number of hydrogen-bond acceptors (Lipinski definition) is 6. The summed E-state index contributed by atoms with van der Waals surface area (Å²) < 4.78 is 0. The van der Waals surface area contributed by atoms with Crippen LogP contribution in [-0.2, 0) is 0 Å². The van der Waals surface area contributed by atoms with Crippen molar-refractivity contribution in [2.24, 2.45) is 0 Å². The van der Waals surface area contributed by atoms with Crippen molar-refractivity contribution in [2.45, 2.75) is 0 Å². The predicted molar refractivity (Wildman–Crippen MR) is 118 cm³/mol. The van der Waals surface area contributed by atoms with E-state index in [-0.39, 0.29) is 19.0 Å². The molecule has 0 atom stereocenters. The highest BCUT2D eigenvalue weighted by atomic mass is 35.5. The molecule has 2 heterocycles. The van der Waals surface area contributed by atoms with Gasteiger partial charge in [0.1, 0.15) is 5.82 Å². The Kier molecular flexibility index (Phi) is 6.78. The van der Waals surface area contributed by atoms with Gasteiger partial charge in [-0.05, 0) is 30.3 Å². The molecular formula is C20H23Cl2N5O. The molecular weight excluding hydrogens is 397 g/mol. The molecule has 2 N–H and O–H groups in total. The average molecular weight is 420 g/mol. The topological polar surface area (TPSA) is 64.5 Å². The maximum Gasteiger partial charge on any atom is 0.228 e. The molecule has 0 aliphatic carbocycles. The van der Waals surface area contributed by atoms with E-state index in [9.17, 15) is 0 Å². The monoisotopic (exact) mass is 419 g/mol. The van der Waals surface area contributed by atoms with Crippen LogP contribution in [0.4, 0.5) is 17.5 Å². The lowest BCUT2D eigenvalue weighted by molar-refractivity contribution is 0.311. The minimum Gasteiger partial charge on any atom is -0.395 e. The second-order valence-electron chi connectivity index (χ2n) is 6.49. The molecule has 0 amide bonds. The molecule has 28 heavy (non-hydrogen) atoms. The van der Waals surface area contributed by atoms with Gasteiger partial charge >= 0.3 is 0 Å². The van der Waals surface area contributed by atoms with Crippen LogP contribution in [0.1, 0.15) is 0 Å². The van der Waals surface area contributed by atoms with Gasteiger partial charge in [0, 0.05) is 48.8 Å². The van der Waals surface area contributed by atoms with Gasteiger partial charge in [-0.15, -0.1) is 12.4 Å². The maximum absolute atomic E-state index is 9.14. The lowest BCUT2D eigenvalue weighted by Crippen LogP contribution is -2.47. The van der Waals surface area contributed by atoms with E-state index in [2.05, 4.69) is 21.2 Å². The van der Waals surface area contributed by atoms with Crippen LogP contribution in [0.25, 0.3) is 10.9 Å². The van der Waals surface area contributed by atoms with Crippen LogP contribution in [0.2, 0.25) is 5.02 Å². The zero-order valence-electron chi connectivity index (χ0n) is 15.4. The van der Waals surface area contributed by atoms with E-state index in [1.807, 2.05) is 42.5 Å². The molecule has 0 bridgehead atoms. The number of rotatable bonds is 5. The molecule has 2 aromatic carbocycles. The van der Waals surface area contributed by atoms with E-state index in [0.29, 0.717) is 6.54 Å². The molecule has 6 nitrogen and oxygen atoms in total. The second kappa shape index (κ2) is 9.28. The van der Waals surface area contributed by atoms with E-state index < -0.39 is 0 Å². The summed E-state index contributed by atoms with van der Waals surface area (Å²) in [4.78, 5) is 14.0. The minimum absolute atomic E-state index is 0. The Labute approximate surface area is 175 Å². The third kappa shape index (κ3) is 4.41. The SMILES string of the molecule is Cl.OCCNc1nc(N2CCN(c3cccc(Cl)c3)CC2)nc2ccccc12. The van der Waals surface area contributed by atoms with Crippen LogP contribution in [0.5, 0.6) is 0 Å². The molecule has 8 heteroatoms. The zero-order chi connectivity index (χ0) is 18.6. The number of nitrogens with one attached hydrogen (secondary N) is 1. The van der Waals surface area contributed by atoms with Crippen LogP contribution in [-0.4, -0.2) is 54.4 Å². The number of aromatic nitrogens is 2. The van der Waals surface area contributed by atoms with Crippen LogP contribution in [0, 0.1) is 0 Å². The predicted octanol–water partition coefficient (Wildman–Crippen LogP) is 3.44. The Hall–Kier alpha value is -2.28. The van der Waals surface area contributed by atoms with Crippen LogP contribution in [0.3, 0.4) is 0 Å². The number of halogens is 2. The van der Waals surface area contributed by atoms with E-state index in [1.54, 1.807) is 0 Å². The van der Waals surface area contributed by atoms with Crippen molar-refractivity contribution in [1.29, 1.82) is 0 Å².